The molecule has 1 unspecified atom stereocenters. The molecule has 0 fully saturated rings. The molecular weight excluding hydrogens is 225 g/mol. The van der Waals surface area contributed by atoms with Crippen LogP contribution in [0.3, 0.4) is 0 Å². The highest BCUT2D eigenvalue weighted by Gasteiger charge is 2.33. The van der Waals surface area contributed by atoms with E-state index in [9.17, 15) is 18.0 Å². The maximum atomic E-state index is 12.3. The Labute approximate surface area is 89.7 Å². The lowest BCUT2D eigenvalue weighted by molar-refractivity contribution is -0.142. The quantitative estimate of drug-likeness (QED) is 0.872. The molecule has 4 nitrogen and oxygen atoms in total. The van der Waals surface area contributed by atoms with Gasteiger partial charge in [-0.05, 0) is 6.42 Å². The van der Waals surface area contributed by atoms with E-state index in [0.29, 0.717) is 18.8 Å². The minimum atomic E-state index is -4.49. The Morgan fingerprint density at radius 2 is 2.25 bits per heavy atom. The second-order valence-corrected chi connectivity index (χ2v) is 3.35. The zero-order valence-corrected chi connectivity index (χ0v) is 8.53. The topological polar surface area (TPSA) is 55.1 Å². The summed E-state index contributed by atoms with van der Waals surface area (Å²) in [7, 11) is 0. The number of alkyl halides is 3. The highest BCUT2D eigenvalue weighted by atomic mass is 19.4. The molecule has 0 saturated carbocycles. The van der Waals surface area contributed by atoms with E-state index in [2.05, 4.69) is 5.10 Å². The van der Waals surface area contributed by atoms with Crippen LogP contribution in [-0.2, 0) is 11.0 Å². The SMILES string of the molecule is CCCC(C(=O)O)n1cc(C(F)(F)F)cn1. The van der Waals surface area contributed by atoms with Crippen molar-refractivity contribution in [2.75, 3.05) is 0 Å². The zero-order valence-electron chi connectivity index (χ0n) is 8.53. The Hall–Kier alpha value is -1.53. The number of carboxylic acid groups (broad SMARTS) is 1. The van der Waals surface area contributed by atoms with Crippen LogP contribution in [0.5, 0.6) is 0 Å². The summed E-state index contributed by atoms with van der Waals surface area (Å²) in [5, 5.41) is 12.3. The summed E-state index contributed by atoms with van der Waals surface area (Å²) >= 11 is 0. The zero-order chi connectivity index (χ0) is 12.3. The Morgan fingerprint density at radius 3 is 2.62 bits per heavy atom. The largest absolute Gasteiger partial charge is 0.480 e. The molecule has 7 heteroatoms. The normalized spacial score (nSPS) is 13.8. The van der Waals surface area contributed by atoms with Crippen LogP contribution in [0.1, 0.15) is 31.4 Å². The molecule has 1 aromatic rings. The Bertz CT molecular complexity index is 373. The van der Waals surface area contributed by atoms with Crippen LogP contribution in [0, 0.1) is 0 Å². The minimum Gasteiger partial charge on any atom is -0.480 e. The predicted molar refractivity (Wildman–Crippen MR) is 48.8 cm³/mol. The molecule has 0 aliphatic carbocycles. The predicted octanol–water partition coefficient (Wildman–Crippen LogP) is 2.33. The summed E-state index contributed by atoms with van der Waals surface area (Å²) in [6.45, 7) is 1.75. The van der Waals surface area contributed by atoms with Crippen molar-refractivity contribution in [2.45, 2.75) is 32.0 Å². The molecule has 1 aromatic heterocycles. The fraction of sp³-hybridized carbons (Fsp3) is 0.556. The lowest BCUT2D eigenvalue weighted by Crippen LogP contribution is -2.19. The van der Waals surface area contributed by atoms with Crippen molar-refractivity contribution in [1.82, 2.24) is 9.78 Å². The first kappa shape index (κ1) is 12.5. The van der Waals surface area contributed by atoms with E-state index in [1.165, 1.54) is 0 Å². The number of nitrogens with zero attached hydrogens (tertiary/aromatic N) is 2. The lowest BCUT2D eigenvalue weighted by atomic mass is 10.2. The number of carboxylic acids is 1. The molecule has 0 amide bonds. The molecule has 0 aromatic carbocycles. The van der Waals surface area contributed by atoms with Crippen LogP contribution >= 0.6 is 0 Å². The van der Waals surface area contributed by atoms with Gasteiger partial charge in [0, 0.05) is 6.20 Å². The van der Waals surface area contributed by atoms with Gasteiger partial charge in [0.1, 0.15) is 6.04 Å². The summed E-state index contributed by atoms with van der Waals surface area (Å²) < 4.78 is 37.6. The molecule has 16 heavy (non-hydrogen) atoms. The summed E-state index contributed by atoms with van der Waals surface area (Å²) in [5.74, 6) is -1.18. The van der Waals surface area contributed by atoms with Gasteiger partial charge >= 0.3 is 12.1 Å². The number of hydrogen-bond donors (Lipinski definition) is 1. The maximum absolute atomic E-state index is 12.3. The van der Waals surface area contributed by atoms with Crippen molar-refractivity contribution < 1.29 is 23.1 Å². The van der Waals surface area contributed by atoms with Gasteiger partial charge in [0.05, 0.1) is 11.8 Å². The van der Waals surface area contributed by atoms with Crippen LogP contribution in [0.25, 0.3) is 0 Å². The monoisotopic (exact) mass is 236 g/mol. The molecule has 0 aliphatic heterocycles. The molecule has 1 rings (SSSR count). The standard InChI is InChI=1S/C9H11F3N2O2/c1-2-3-7(8(15)16)14-5-6(4-13-14)9(10,11)12/h4-5,7H,2-3H2,1H3,(H,15,16). The molecule has 90 valence electrons. The molecule has 1 atom stereocenters. The Morgan fingerprint density at radius 1 is 1.62 bits per heavy atom. The van der Waals surface area contributed by atoms with Gasteiger partial charge in [-0.3, -0.25) is 4.68 Å². The molecule has 0 aliphatic rings. The van der Waals surface area contributed by atoms with Gasteiger partial charge in [-0.25, -0.2) is 4.79 Å². The number of carbonyl (C=O) groups is 1. The molecule has 1 N–H and O–H groups in total. The average molecular weight is 236 g/mol. The van der Waals surface area contributed by atoms with E-state index in [1.54, 1.807) is 6.92 Å². The van der Waals surface area contributed by atoms with Gasteiger partial charge in [0.25, 0.3) is 0 Å². The van der Waals surface area contributed by atoms with Crippen LogP contribution in [0.15, 0.2) is 12.4 Å². The van der Waals surface area contributed by atoms with Gasteiger partial charge in [0.2, 0.25) is 0 Å². The summed E-state index contributed by atoms with van der Waals surface area (Å²) in [6, 6.07) is -1.04. The fourth-order valence-corrected chi connectivity index (χ4v) is 1.30. The molecular formula is C9H11F3N2O2. The van der Waals surface area contributed by atoms with E-state index in [0.717, 1.165) is 4.68 Å². The lowest BCUT2D eigenvalue weighted by Gasteiger charge is -2.11. The van der Waals surface area contributed by atoms with E-state index in [-0.39, 0.29) is 6.42 Å². The van der Waals surface area contributed by atoms with E-state index < -0.39 is 23.8 Å². The second-order valence-electron chi connectivity index (χ2n) is 3.35. The van der Waals surface area contributed by atoms with Crippen molar-refractivity contribution in [3.8, 4) is 0 Å². The van der Waals surface area contributed by atoms with Crippen LogP contribution in [0.4, 0.5) is 13.2 Å². The maximum Gasteiger partial charge on any atom is 0.419 e. The van der Waals surface area contributed by atoms with E-state index >= 15 is 0 Å². The summed E-state index contributed by atoms with van der Waals surface area (Å²) in [6.07, 6.45) is -2.35. The third-order valence-corrected chi connectivity index (χ3v) is 2.10. The number of rotatable bonds is 4. The second kappa shape index (κ2) is 4.54. The third kappa shape index (κ3) is 2.74. The van der Waals surface area contributed by atoms with Crippen molar-refractivity contribution in [1.29, 1.82) is 0 Å². The highest BCUT2D eigenvalue weighted by Crippen LogP contribution is 2.29. The third-order valence-electron chi connectivity index (χ3n) is 2.10. The van der Waals surface area contributed by atoms with E-state index in [1.807, 2.05) is 0 Å². The number of aromatic nitrogens is 2. The smallest absolute Gasteiger partial charge is 0.419 e. The molecule has 0 saturated heterocycles. The first-order chi connectivity index (χ1) is 7.36. The van der Waals surface area contributed by atoms with E-state index in [4.69, 9.17) is 5.11 Å². The number of aliphatic carboxylic acids is 1. The Balaban J connectivity index is 2.95. The first-order valence-electron chi connectivity index (χ1n) is 4.70. The van der Waals surface area contributed by atoms with Crippen molar-refractivity contribution in [3.05, 3.63) is 18.0 Å². The Kier molecular flexibility index (Phi) is 3.56. The minimum absolute atomic E-state index is 0.244. The van der Waals surface area contributed by atoms with Crippen molar-refractivity contribution in [3.63, 3.8) is 0 Å². The van der Waals surface area contributed by atoms with Gasteiger partial charge in [-0.2, -0.15) is 18.3 Å². The molecule has 1 heterocycles. The van der Waals surface area contributed by atoms with Gasteiger partial charge in [-0.15, -0.1) is 0 Å². The summed E-state index contributed by atoms with van der Waals surface area (Å²) in [4.78, 5) is 10.8. The fourth-order valence-electron chi connectivity index (χ4n) is 1.30. The van der Waals surface area contributed by atoms with Crippen LogP contribution < -0.4 is 0 Å². The first-order valence-corrected chi connectivity index (χ1v) is 4.70. The van der Waals surface area contributed by atoms with Gasteiger partial charge in [-0.1, -0.05) is 13.3 Å². The van der Waals surface area contributed by atoms with Gasteiger partial charge in [0.15, 0.2) is 0 Å². The molecule has 0 spiro atoms. The van der Waals surface area contributed by atoms with Crippen molar-refractivity contribution >= 4 is 5.97 Å². The average Bonchev–Trinajstić information content (AvgIpc) is 2.61. The summed E-state index contributed by atoms with van der Waals surface area (Å²) in [5.41, 5.74) is -0.935. The van der Waals surface area contributed by atoms with Crippen LogP contribution in [-0.4, -0.2) is 20.9 Å². The van der Waals surface area contributed by atoms with Crippen LogP contribution in [0.2, 0.25) is 0 Å². The van der Waals surface area contributed by atoms with Gasteiger partial charge < -0.3 is 5.11 Å². The molecule has 0 radical (unpaired) electrons. The van der Waals surface area contributed by atoms with Crippen molar-refractivity contribution in [2.24, 2.45) is 0 Å². The number of hydrogen-bond acceptors (Lipinski definition) is 2. The highest BCUT2D eigenvalue weighted by molar-refractivity contribution is 5.71. The number of halogens is 3. The molecule has 0 bridgehead atoms.